The van der Waals surface area contributed by atoms with Gasteiger partial charge in [0.2, 0.25) is 10.0 Å². The number of carbonyl (C=O) groups excluding carboxylic acids is 1. The van der Waals surface area contributed by atoms with Crippen molar-refractivity contribution in [3.05, 3.63) is 58.4 Å². The Hall–Kier alpha value is -2.77. The summed E-state index contributed by atoms with van der Waals surface area (Å²) in [6.07, 6.45) is 8.48. The number of sulfonamides is 1. The van der Waals surface area contributed by atoms with Crippen LogP contribution in [0.5, 0.6) is 0 Å². The number of thiazole rings is 1. The van der Waals surface area contributed by atoms with Crippen LogP contribution in [0.15, 0.2) is 52.4 Å². The van der Waals surface area contributed by atoms with Gasteiger partial charge >= 0.3 is 0 Å². The first-order valence-electron chi connectivity index (χ1n) is 12.1. The molecule has 36 heavy (non-hydrogen) atoms. The smallest absolute Gasteiger partial charge is 0.279 e. The van der Waals surface area contributed by atoms with Crippen LogP contribution in [0.2, 0.25) is 0 Å². The third kappa shape index (κ3) is 5.62. The predicted octanol–water partition coefficient (Wildman–Crippen LogP) is 4.22. The van der Waals surface area contributed by atoms with Crippen LogP contribution < -0.4 is 4.80 Å². The van der Waals surface area contributed by atoms with E-state index in [9.17, 15) is 13.2 Å². The number of fused-ring (bicyclic) bond motifs is 1. The normalized spacial score (nSPS) is 19.4. The number of aromatic nitrogens is 1. The summed E-state index contributed by atoms with van der Waals surface area (Å²) in [6.45, 7) is 6.77. The number of ether oxygens (including phenoxy) is 1. The number of amides is 1. The maximum Gasteiger partial charge on any atom is 0.279 e. The van der Waals surface area contributed by atoms with Crippen molar-refractivity contribution >= 4 is 37.5 Å². The fourth-order valence-electron chi connectivity index (χ4n) is 4.38. The fourth-order valence-corrected chi connectivity index (χ4v) is 7.06. The average molecular weight is 526 g/mol. The third-order valence-electron chi connectivity index (χ3n) is 6.14. The third-order valence-corrected chi connectivity index (χ3v) is 9.02. The Balaban J connectivity index is 1.62. The van der Waals surface area contributed by atoms with Gasteiger partial charge in [0.15, 0.2) is 4.80 Å². The number of aryl methyl sites for hydroxylation is 1. The first kappa shape index (κ1) is 26.3. The Morgan fingerprint density at radius 2 is 1.86 bits per heavy atom. The second-order valence-electron chi connectivity index (χ2n) is 9.10. The molecule has 0 radical (unpaired) electrons. The minimum absolute atomic E-state index is 0.143. The second-order valence-corrected chi connectivity index (χ2v) is 12.0. The molecule has 1 aliphatic rings. The fraction of sp³-hybridized carbons (Fsp3) is 0.407. The molecule has 0 aliphatic carbocycles. The maximum atomic E-state index is 13.1. The van der Waals surface area contributed by atoms with Gasteiger partial charge in [-0.2, -0.15) is 9.30 Å². The number of carbonyl (C=O) groups is 1. The topological polar surface area (TPSA) is 81.0 Å². The van der Waals surface area contributed by atoms with Crippen molar-refractivity contribution in [3.63, 3.8) is 0 Å². The molecule has 3 aromatic rings. The summed E-state index contributed by atoms with van der Waals surface area (Å²) in [5.74, 6) is 2.20. The molecule has 1 amide bonds. The van der Waals surface area contributed by atoms with E-state index in [1.165, 1.54) is 45.5 Å². The molecule has 1 aromatic heterocycles. The SMILES string of the molecule is C#CCn1c(=NC(=O)c2ccc(S(=O)(=O)N3CC(C)OC(C)C3)cc2)sc2cc(CCCC)ccc21. The summed E-state index contributed by atoms with van der Waals surface area (Å²) >= 11 is 1.43. The van der Waals surface area contributed by atoms with Crippen LogP contribution in [-0.4, -0.2) is 48.5 Å². The predicted molar refractivity (Wildman–Crippen MR) is 142 cm³/mol. The van der Waals surface area contributed by atoms with Gasteiger partial charge in [0, 0.05) is 18.7 Å². The molecule has 0 bridgehead atoms. The molecule has 9 heteroatoms. The minimum Gasteiger partial charge on any atom is -0.373 e. The number of morpholine rings is 1. The molecule has 4 rings (SSSR count). The highest BCUT2D eigenvalue weighted by Crippen LogP contribution is 2.23. The lowest BCUT2D eigenvalue weighted by atomic mass is 10.1. The highest BCUT2D eigenvalue weighted by atomic mass is 32.2. The minimum atomic E-state index is -3.68. The van der Waals surface area contributed by atoms with E-state index >= 15 is 0 Å². The molecule has 7 nitrogen and oxygen atoms in total. The molecule has 0 spiro atoms. The van der Waals surface area contributed by atoms with Crippen LogP contribution in [0, 0.1) is 12.3 Å². The molecule has 0 N–H and O–H groups in total. The zero-order chi connectivity index (χ0) is 25.9. The van der Waals surface area contributed by atoms with Crippen molar-refractivity contribution in [1.29, 1.82) is 0 Å². The molecule has 1 fully saturated rings. The number of terminal acetylenes is 1. The first-order chi connectivity index (χ1) is 17.2. The Morgan fingerprint density at radius 3 is 2.50 bits per heavy atom. The average Bonchev–Trinajstić information content (AvgIpc) is 3.18. The largest absolute Gasteiger partial charge is 0.373 e. The Labute approximate surface area is 216 Å². The molecule has 2 atom stereocenters. The molecule has 190 valence electrons. The zero-order valence-corrected chi connectivity index (χ0v) is 22.4. The van der Waals surface area contributed by atoms with Crippen molar-refractivity contribution in [1.82, 2.24) is 8.87 Å². The van der Waals surface area contributed by atoms with Crippen LogP contribution in [0.25, 0.3) is 10.2 Å². The van der Waals surface area contributed by atoms with Crippen molar-refractivity contribution in [2.24, 2.45) is 4.99 Å². The summed E-state index contributed by atoms with van der Waals surface area (Å²) in [5, 5.41) is 0. The highest BCUT2D eigenvalue weighted by Gasteiger charge is 2.32. The Kier molecular flexibility index (Phi) is 8.10. The molecular formula is C27H31N3O4S2. The van der Waals surface area contributed by atoms with Gasteiger partial charge in [-0.3, -0.25) is 4.79 Å². The number of nitrogens with zero attached hydrogens (tertiary/aromatic N) is 3. The standard InChI is InChI=1S/C27H31N3O4S2/c1-5-7-8-21-9-14-24-25(16-21)35-27(30(24)15-6-2)28-26(31)22-10-12-23(13-11-22)36(32,33)29-17-19(3)34-20(4)18-29/h2,9-14,16,19-20H,5,7-8,15,17-18H2,1,3-4H3. The maximum absolute atomic E-state index is 13.1. The van der Waals surface area contributed by atoms with E-state index in [0.29, 0.717) is 30.0 Å². The van der Waals surface area contributed by atoms with Gasteiger partial charge in [-0.1, -0.05) is 36.7 Å². The van der Waals surface area contributed by atoms with E-state index in [1.807, 2.05) is 24.5 Å². The monoisotopic (exact) mass is 525 g/mol. The molecule has 1 saturated heterocycles. The zero-order valence-electron chi connectivity index (χ0n) is 20.8. The van der Waals surface area contributed by atoms with E-state index in [0.717, 1.165) is 29.5 Å². The van der Waals surface area contributed by atoms with Crippen LogP contribution in [-0.2, 0) is 27.7 Å². The van der Waals surface area contributed by atoms with E-state index in [2.05, 4.69) is 30.0 Å². The summed E-state index contributed by atoms with van der Waals surface area (Å²) in [5.41, 5.74) is 2.50. The lowest BCUT2D eigenvalue weighted by molar-refractivity contribution is -0.0440. The molecule has 2 unspecified atom stereocenters. The first-order valence-corrected chi connectivity index (χ1v) is 14.4. The van der Waals surface area contributed by atoms with E-state index in [1.54, 1.807) is 0 Å². The van der Waals surface area contributed by atoms with Gasteiger partial charge in [0.05, 0.1) is 33.9 Å². The van der Waals surface area contributed by atoms with Crippen molar-refractivity contribution in [3.8, 4) is 12.3 Å². The van der Waals surface area contributed by atoms with Gasteiger partial charge in [-0.25, -0.2) is 8.42 Å². The molecular weight excluding hydrogens is 494 g/mol. The van der Waals surface area contributed by atoms with Gasteiger partial charge in [-0.15, -0.1) is 6.42 Å². The Morgan fingerprint density at radius 1 is 1.17 bits per heavy atom. The summed E-state index contributed by atoms with van der Waals surface area (Å²) < 4.78 is 36.2. The van der Waals surface area contributed by atoms with Gasteiger partial charge in [-0.05, 0) is 68.7 Å². The number of hydrogen-bond donors (Lipinski definition) is 0. The molecule has 2 heterocycles. The lowest BCUT2D eigenvalue weighted by Crippen LogP contribution is -2.48. The van der Waals surface area contributed by atoms with Crippen LogP contribution in [0.1, 0.15) is 49.5 Å². The van der Waals surface area contributed by atoms with Crippen LogP contribution in [0.3, 0.4) is 0 Å². The van der Waals surface area contributed by atoms with Gasteiger partial charge in [0.25, 0.3) is 5.91 Å². The van der Waals surface area contributed by atoms with Crippen LogP contribution in [0.4, 0.5) is 0 Å². The van der Waals surface area contributed by atoms with E-state index < -0.39 is 15.9 Å². The highest BCUT2D eigenvalue weighted by molar-refractivity contribution is 7.89. The molecule has 1 aliphatic heterocycles. The quantitative estimate of drug-likeness (QED) is 0.433. The van der Waals surface area contributed by atoms with Crippen LogP contribution >= 0.6 is 11.3 Å². The van der Waals surface area contributed by atoms with E-state index in [4.69, 9.17) is 11.2 Å². The van der Waals surface area contributed by atoms with E-state index in [-0.39, 0.29) is 17.1 Å². The summed E-state index contributed by atoms with van der Waals surface area (Å²) in [4.78, 5) is 18.0. The van der Waals surface area contributed by atoms with Gasteiger partial charge in [0.1, 0.15) is 0 Å². The number of unbranched alkanes of at least 4 members (excludes halogenated alkanes) is 1. The summed E-state index contributed by atoms with van der Waals surface area (Å²) in [6, 6.07) is 12.2. The molecule has 2 aromatic carbocycles. The lowest BCUT2D eigenvalue weighted by Gasteiger charge is -2.34. The summed E-state index contributed by atoms with van der Waals surface area (Å²) in [7, 11) is -3.68. The van der Waals surface area contributed by atoms with Crippen molar-refractivity contribution < 1.29 is 17.9 Å². The Bertz CT molecular complexity index is 1450. The second kappa shape index (κ2) is 11.1. The van der Waals surface area contributed by atoms with Gasteiger partial charge < -0.3 is 9.30 Å². The van der Waals surface area contributed by atoms with Crippen molar-refractivity contribution in [2.45, 2.75) is 63.7 Å². The molecule has 0 saturated carbocycles. The number of benzene rings is 2. The van der Waals surface area contributed by atoms with Crippen molar-refractivity contribution in [2.75, 3.05) is 13.1 Å². The number of rotatable bonds is 7. The number of hydrogen-bond acceptors (Lipinski definition) is 5.